The predicted molar refractivity (Wildman–Crippen MR) is 258 cm³/mol. The molecule has 0 N–H and O–H groups in total. The van der Waals surface area contributed by atoms with Gasteiger partial charge in [-0.05, 0) is 75.3 Å². The van der Waals surface area contributed by atoms with Gasteiger partial charge in [-0.3, -0.25) is 0 Å². The quantitative estimate of drug-likeness (QED) is 0.161. The molecule has 0 aliphatic carbocycles. The summed E-state index contributed by atoms with van der Waals surface area (Å²) in [6.07, 6.45) is 0. The van der Waals surface area contributed by atoms with Crippen molar-refractivity contribution in [3.8, 4) is 78.7 Å². The van der Waals surface area contributed by atoms with Gasteiger partial charge in [0.15, 0.2) is 17.5 Å². The van der Waals surface area contributed by atoms with Crippen molar-refractivity contribution in [1.29, 1.82) is 0 Å². The third kappa shape index (κ3) is 6.35. The van der Waals surface area contributed by atoms with Crippen molar-refractivity contribution in [3.05, 3.63) is 212 Å². The molecule has 9 aromatic carbocycles. The monoisotopic (exact) mass is 809 g/mol. The molecule has 62 heavy (non-hydrogen) atoms. The first kappa shape index (κ1) is 35.9. The van der Waals surface area contributed by atoms with Crippen LogP contribution in [0.1, 0.15) is 0 Å². The van der Waals surface area contributed by atoms with Crippen molar-refractivity contribution in [3.63, 3.8) is 0 Å². The molecule has 290 valence electrons. The summed E-state index contributed by atoms with van der Waals surface area (Å²) < 4.78 is 9.03. The SMILES string of the molecule is c1ccc(-c2ccc(-c3cccc4c3oc3ccc(-c5nc(-c6ccccc6)nc(-c6ccc7c(c6)sc6ccc(-c8ccccc8-c8ccccc8)cc67)n5)cc34)cc2)cc1. The summed E-state index contributed by atoms with van der Waals surface area (Å²) in [6.45, 7) is 0. The van der Waals surface area contributed by atoms with E-state index in [4.69, 9.17) is 19.4 Å². The van der Waals surface area contributed by atoms with E-state index >= 15 is 0 Å². The first-order valence-electron chi connectivity index (χ1n) is 20.7. The molecule has 0 amide bonds. The average molecular weight is 810 g/mol. The molecule has 12 aromatic rings. The molecule has 0 bridgehead atoms. The van der Waals surface area contributed by atoms with Crippen molar-refractivity contribution in [2.75, 3.05) is 0 Å². The summed E-state index contributed by atoms with van der Waals surface area (Å²) in [5.41, 5.74) is 13.8. The van der Waals surface area contributed by atoms with Crippen LogP contribution < -0.4 is 0 Å². The largest absolute Gasteiger partial charge is 0.455 e. The van der Waals surface area contributed by atoms with Gasteiger partial charge in [-0.25, -0.2) is 15.0 Å². The first-order chi connectivity index (χ1) is 30.7. The van der Waals surface area contributed by atoms with E-state index in [1.165, 1.54) is 53.6 Å². The highest BCUT2D eigenvalue weighted by atomic mass is 32.1. The number of rotatable bonds is 7. The van der Waals surface area contributed by atoms with Crippen LogP contribution in [-0.4, -0.2) is 15.0 Å². The van der Waals surface area contributed by atoms with Crippen LogP contribution in [0.15, 0.2) is 217 Å². The Morgan fingerprint density at radius 2 is 0.790 bits per heavy atom. The van der Waals surface area contributed by atoms with E-state index in [0.717, 1.165) is 49.8 Å². The smallest absolute Gasteiger partial charge is 0.164 e. The number of fused-ring (bicyclic) bond motifs is 6. The van der Waals surface area contributed by atoms with Crippen LogP contribution in [0.4, 0.5) is 0 Å². The maximum atomic E-state index is 6.60. The zero-order valence-electron chi connectivity index (χ0n) is 33.4. The number of furan rings is 1. The van der Waals surface area contributed by atoms with E-state index in [9.17, 15) is 0 Å². The predicted octanol–water partition coefficient (Wildman–Crippen LogP) is 15.8. The Morgan fingerprint density at radius 3 is 1.52 bits per heavy atom. The van der Waals surface area contributed by atoms with Crippen molar-refractivity contribution in [2.45, 2.75) is 0 Å². The number of aromatic nitrogens is 3. The number of thiophene rings is 1. The summed E-state index contributed by atoms with van der Waals surface area (Å²) in [7, 11) is 0. The van der Waals surface area contributed by atoms with Crippen LogP contribution in [0.5, 0.6) is 0 Å². The average Bonchev–Trinajstić information content (AvgIpc) is 3.92. The highest BCUT2D eigenvalue weighted by molar-refractivity contribution is 7.25. The molecule has 0 radical (unpaired) electrons. The van der Waals surface area contributed by atoms with E-state index < -0.39 is 0 Å². The number of hydrogen-bond acceptors (Lipinski definition) is 5. The van der Waals surface area contributed by atoms with Crippen LogP contribution in [0, 0.1) is 0 Å². The Bertz CT molecular complexity index is 3610. The third-order valence-electron chi connectivity index (χ3n) is 11.8. The van der Waals surface area contributed by atoms with Gasteiger partial charge in [-0.2, -0.15) is 0 Å². The van der Waals surface area contributed by atoms with Gasteiger partial charge in [0.2, 0.25) is 0 Å². The zero-order valence-corrected chi connectivity index (χ0v) is 34.2. The summed E-state index contributed by atoms with van der Waals surface area (Å²) in [5, 5.41) is 4.52. The summed E-state index contributed by atoms with van der Waals surface area (Å²) in [6, 6.07) is 74.6. The Hall–Kier alpha value is -7.99. The fraction of sp³-hybridized carbons (Fsp3) is 0. The maximum absolute atomic E-state index is 6.60. The lowest BCUT2D eigenvalue weighted by Crippen LogP contribution is -2.00. The van der Waals surface area contributed by atoms with Gasteiger partial charge < -0.3 is 4.42 Å². The minimum Gasteiger partial charge on any atom is -0.455 e. The number of hydrogen-bond donors (Lipinski definition) is 0. The molecular formula is C57H35N3OS. The first-order valence-corrected chi connectivity index (χ1v) is 21.6. The molecule has 0 unspecified atom stereocenters. The van der Waals surface area contributed by atoms with E-state index in [0.29, 0.717) is 17.5 Å². The lowest BCUT2D eigenvalue weighted by atomic mass is 9.94. The van der Waals surface area contributed by atoms with Crippen LogP contribution in [0.25, 0.3) is 121 Å². The second kappa shape index (κ2) is 14.9. The molecule has 3 heterocycles. The normalized spacial score (nSPS) is 11.5. The molecular weight excluding hydrogens is 775 g/mol. The van der Waals surface area contributed by atoms with Crippen LogP contribution in [0.2, 0.25) is 0 Å². The van der Waals surface area contributed by atoms with E-state index in [-0.39, 0.29) is 0 Å². The molecule has 0 saturated heterocycles. The lowest BCUT2D eigenvalue weighted by Gasteiger charge is -2.10. The van der Waals surface area contributed by atoms with Crippen LogP contribution in [0.3, 0.4) is 0 Å². The van der Waals surface area contributed by atoms with Gasteiger partial charge >= 0.3 is 0 Å². The van der Waals surface area contributed by atoms with Gasteiger partial charge in [-0.1, -0.05) is 176 Å². The molecule has 0 atom stereocenters. The standard InChI is InChI=1S/C57H35N3OS/c1-4-13-36(14-5-1)37-23-25-39(26-24-37)46-21-12-22-48-49-34-42(28-31-51(49)61-54(46)48)56-58-55(40-17-8-3-9-18-40)59-57(60-56)43-27-30-47-50-33-41(29-32-52(50)62-53(47)35-43)45-20-11-10-19-44(45)38-15-6-2-7-16-38/h1-35H. The van der Waals surface area contributed by atoms with Gasteiger partial charge in [0.25, 0.3) is 0 Å². The molecule has 12 rings (SSSR count). The van der Waals surface area contributed by atoms with Crippen LogP contribution >= 0.6 is 11.3 Å². The summed E-state index contributed by atoms with van der Waals surface area (Å²) in [5.74, 6) is 1.86. The fourth-order valence-corrected chi connectivity index (χ4v) is 9.80. The minimum absolute atomic E-state index is 0.607. The Kier molecular flexibility index (Phi) is 8.65. The Morgan fingerprint density at radius 1 is 0.290 bits per heavy atom. The Balaban J connectivity index is 0.938. The molecule has 0 aliphatic heterocycles. The topological polar surface area (TPSA) is 51.8 Å². The highest BCUT2D eigenvalue weighted by Gasteiger charge is 2.18. The molecule has 0 fully saturated rings. The van der Waals surface area contributed by atoms with Gasteiger partial charge in [0.1, 0.15) is 11.2 Å². The number of para-hydroxylation sites is 1. The van der Waals surface area contributed by atoms with Crippen molar-refractivity contribution in [1.82, 2.24) is 15.0 Å². The van der Waals surface area contributed by atoms with Crippen LogP contribution in [-0.2, 0) is 0 Å². The van der Waals surface area contributed by atoms with Gasteiger partial charge in [0.05, 0.1) is 0 Å². The van der Waals surface area contributed by atoms with E-state index in [1.54, 1.807) is 11.3 Å². The Labute approximate surface area is 362 Å². The second-order valence-electron chi connectivity index (χ2n) is 15.5. The fourth-order valence-electron chi connectivity index (χ4n) is 8.68. The summed E-state index contributed by atoms with van der Waals surface area (Å²) >= 11 is 1.80. The molecule has 0 aliphatic rings. The zero-order chi connectivity index (χ0) is 41.0. The van der Waals surface area contributed by atoms with Crippen molar-refractivity contribution >= 4 is 53.4 Å². The molecule has 3 aromatic heterocycles. The van der Waals surface area contributed by atoms with Gasteiger partial charge in [-0.15, -0.1) is 11.3 Å². The maximum Gasteiger partial charge on any atom is 0.164 e. The van der Waals surface area contributed by atoms with Gasteiger partial charge in [0, 0.05) is 53.2 Å². The minimum atomic E-state index is 0.607. The van der Waals surface area contributed by atoms with Crippen molar-refractivity contribution < 1.29 is 4.42 Å². The summed E-state index contributed by atoms with van der Waals surface area (Å²) in [4.78, 5) is 15.3. The third-order valence-corrected chi connectivity index (χ3v) is 12.9. The van der Waals surface area contributed by atoms with E-state index in [1.807, 2.05) is 42.5 Å². The molecule has 0 saturated carbocycles. The molecule has 5 heteroatoms. The number of nitrogens with zero attached hydrogens (tertiary/aromatic N) is 3. The second-order valence-corrected chi connectivity index (χ2v) is 16.6. The van der Waals surface area contributed by atoms with Crippen molar-refractivity contribution in [2.24, 2.45) is 0 Å². The number of benzene rings is 9. The lowest BCUT2D eigenvalue weighted by molar-refractivity contribution is 0.670. The highest BCUT2D eigenvalue weighted by Crippen LogP contribution is 2.41. The molecule has 4 nitrogen and oxygen atoms in total. The molecule has 0 spiro atoms. The van der Waals surface area contributed by atoms with E-state index in [2.05, 4.69) is 170 Å².